The second-order valence-corrected chi connectivity index (χ2v) is 0.974. The third-order valence-corrected chi connectivity index (χ3v) is 0.484. The fourth-order valence-electron chi connectivity index (χ4n) is 0.126. The molecule has 0 fully saturated rings. The Morgan fingerprint density at radius 1 is 1.57 bits per heavy atom. The van der Waals surface area contributed by atoms with Crippen molar-refractivity contribution in [3.05, 3.63) is 11.9 Å². The SMILES string of the molecule is C/C=C(\F)C(F)F. The second-order valence-electron chi connectivity index (χ2n) is 0.974. The smallest absolute Gasteiger partial charge is 0.206 e. The Morgan fingerprint density at radius 2 is 2.00 bits per heavy atom. The average Bonchev–Trinajstić information content (AvgIpc) is 1.65. The van der Waals surface area contributed by atoms with Gasteiger partial charge in [0.25, 0.3) is 6.43 Å². The highest BCUT2D eigenvalue weighted by atomic mass is 19.3. The average molecular weight is 110 g/mol. The van der Waals surface area contributed by atoms with Crippen LogP contribution in [0.15, 0.2) is 11.9 Å². The number of allylic oxidation sites excluding steroid dienone is 2. The van der Waals surface area contributed by atoms with Gasteiger partial charge in [0, 0.05) is 0 Å². The van der Waals surface area contributed by atoms with E-state index in [-0.39, 0.29) is 0 Å². The largest absolute Gasteiger partial charge is 0.289 e. The van der Waals surface area contributed by atoms with Crippen molar-refractivity contribution in [2.24, 2.45) is 0 Å². The zero-order valence-corrected chi connectivity index (χ0v) is 3.79. The fourth-order valence-corrected chi connectivity index (χ4v) is 0.126. The van der Waals surface area contributed by atoms with Gasteiger partial charge < -0.3 is 0 Å². The molecule has 0 atom stereocenters. The summed E-state index contributed by atoms with van der Waals surface area (Å²) in [4.78, 5) is 0. The van der Waals surface area contributed by atoms with Crippen molar-refractivity contribution < 1.29 is 13.2 Å². The minimum Gasteiger partial charge on any atom is -0.206 e. The van der Waals surface area contributed by atoms with Crippen LogP contribution in [0.5, 0.6) is 0 Å². The number of hydrogen-bond donors (Lipinski definition) is 0. The van der Waals surface area contributed by atoms with E-state index in [2.05, 4.69) is 0 Å². The maximum atomic E-state index is 11.4. The summed E-state index contributed by atoms with van der Waals surface area (Å²) in [5, 5.41) is 0. The van der Waals surface area contributed by atoms with Gasteiger partial charge >= 0.3 is 0 Å². The van der Waals surface area contributed by atoms with Gasteiger partial charge in [-0.25, -0.2) is 13.2 Å². The zero-order valence-electron chi connectivity index (χ0n) is 3.79. The van der Waals surface area contributed by atoms with Gasteiger partial charge in [-0.2, -0.15) is 0 Å². The third-order valence-electron chi connectivity index (χ3n) is 0.484. The molecule has 0 aromatic carbocycles. The molecule has 0 rings (SSSR count). The van der Waals surface area contributed by atoms with E-state index in [0.717, 1.165) is 6.08 Å². The van der Waals surface area contributed by atoms with Crippen LogP contribution in [0, 0.1) is 0 Å². The van der Waals surface area contributed by atoms with Gasteiger partial charge in [-0.05, 0) is 6.92 Å². The molecule has 0 saturated carbocycles. The van der Waals surface area contributed by atoms with Crippen molar-refractivity contribution in [1.82, 2.24) is 0 Å². The summed E-state index contributed by atoms with van der Waals surface area (Å²) in [5.74, 6) is -1.36. The Balaban J connectivity index is 3.56. The highest BCUT2D eigenvalue weighted by Gasteiger charge is 2.05. The van der Waals surface area contributed by atoms with Crippen molar-refractivity contribution in [3.63, 3.8) is 0 Å². The highest BCUT2D eigenvalue weighted by Crippen LogP contribution is 2.07. The molecule has 7 heavy (non-hydrogen) atoms. The van der Waals surface area contributed by atoms with Gasteiger partial charge in [-0.1, -0.05) is 6.08 Å². The van der Waals surface area contributed by atoms with Crippen LogP contribution >= 0.6 is 0 Å². The van der Waals surface area contributed by atoms with Gasteiger partial charge in [0.2, 0.25) is 0 Å². The Morgan fingerprint density at radius 3 is 2.00 bits per heavy atom. The van der Waals surface area contributed by atoms with E-state index in [9.17, 15) is 13.2 Å². The summed E-state index contributed by atoms with van der Waals surface area (Å²) in [6.07, 6.45) is -2.20. The Labute approximate surface area is 39.6 Å². The van der Waals surface area contributed by atoms with Crippen LogP contribution in [0.1, 0.15) is 6.92 Å². The molecule has 0 amide bonds. The van der Waals surface area contributed by atoms with E-state index in [1.165, 1.54) is 6.92 Å². The lowest BCUT2D eigenvalue weighted by atomic mass is 10.5. The Bertz CT molecular complexity index is 75.0. The minimum absolute atomic E-state index is 0.741. The summed E-state index contributed by atoms with van der Waals surface area (Å²) in [5.41, 5.74) is 0. The van der Waals surface area contributed by atoms with Crippen molar-refractivity contribution in [1.29, 1.82) is 0 Å². The summed E-state index contributed by atoms with van der Waals surface area (Å²) in [6.45, 7) is 1.22. The summed E-state index contributed by atoms with van der Waals surface area (Å²) < 4.78 is 33.3. The van der Waals surface area contributed by atoms with E-state index >= 15 is 0 Å². The number of halogens is 3. The molecule has 0 aromatic rings. The summed E-state index contributed by atoms with van der Waals surface area (Å²) in [7, 11) is 0. The first-order valence-electron chi connectivity index (χ1n) is 1.78. The normalized spacial score (nSPS) is 13.0. The van der Waals surface area contributed by atoms with Gasteiger partial charge in [0.15, 0.2) is 5.83 Å². The lowest BCUT2D eigenvalue weighted by molar-refractivity contribution is 0.158. The van der Waals surface area contributed by atoms with E-state index in [0.29, 0.717) is 0 Å². The van der Waals surface area contributed by atoms with E-state index < -0.39 is 12.3 Å². The minimum atomic E-state index is -2.94. The maximum absolute atomic E-state index is 11.4. The van der Waals surface area contributed by atoms with E-state index in [1.807, 2.05) is 0 Å². The maximum Gasteiger partial charge on any atom is 0.289 e. The van der Waals surface area contributed by atoms with Crippen LogP contribution in [-0.2, 0) is 0 Å². The molecule has 0 aliphatic heterocycles. The lowest BCUT2D eigenvalue weighted by Crippen LogP contribution is -1.87. The quantitative estimate of drug-likeness (QED) is 0.485. The molecule has 0 saturated heterocycles. The van der Waals surface area contributed by atoms with Crippen LogP contribution in [0.4, 0.5) is 13.2 Å². The number of rotatable bonds is 1. The third kappa shape index (κ3) is 2.25. The van der Waals surface area contributed by atoms with E-state index in [1.54, 1.807) is 0 Å². The van der Waals surface area contributed by atoms with Crippen molar-refractivity contribution >= 4 is 0 Å². The first-order chi connectivity index (χ1) is 3.18. The van der Waals surface area contributed by atoms with E-state index in [4.69, 9.17) is 0 Å². The van der Waals surface area contributed by atoms with Gasteiger partial charge in [0.05, 0.1) is 0 Å². The Hall–Kier alpha value is -0.470. The molecule has 3 heteroatoms. The molecule has 0 aliphatic carbocycles. The molecule has 0 radical (unpaired) electrons. The molecule has 0 bridgehead atoms. The Kier molecular flexibility index (Phi) is 2.48. The zero-order chi connectivity index (χ0) is 5.86. The van der Waals surface area contributed by atoms with Crippen LogP contribution in [0.25, 0.3) is 0 Å². The monoisotopic (exact) mass is 110 g/mol. The number of alkyl halides is 2. The first kappa shape index (κ1) is 6.53. The van der Waals surface area contributed by atoms with Crippen molar-refractivity contribution in [2.45, 2.75) is 13.3 Å². The van der Waals surface area contributed by atoms with Crippen molar-refractivity contribution in [2.75, 3.05) is 0 Å². The van der Waals surface area contributed by atoms with Crippen molar-refractivity contribution in [3.8, 4) is 0 Å². The molecule has 0 heterocycles. The molecular formula is C4H5F3. The van der Waals surface area contributed by atoms with Crippen LogP contribution in [-0.4, -0.2) is 6.43 Å². The van der Waals surface area contributed by atoms with Gasteiger partial charge in [-0.15, -0.1) is 0 Å². The highest BCUT2D eigenvalue weighted by molar-refractivity contribution is 4.90. The summed E-state index contributed by atoms with van der Waals surface area (Å²) in [6, 6.07) is 0. The van der Waals surface area contributed by atoms with Crippen LogP contribution in [0.3, 0.4) is 0 Å². The predicted molar refractivity (Wildman–Crippen MR) is 20.9 cm³/mol. The molecule has 0 spiro atoms. The first-order valence-corrected chi connectivity index (χ1v) is 1.78. The lowest BCUT2D eigenvalue weighted by Gasteiger charge is -1.87. The molecule has 0 nitrogen and oxygen atoms in total. The topological polar surface area (TPSA) is 0 Å². The van der Waals surface area contributed by atoms with Gasteiger partial charge in [0.1, 0.15) is 0 Å². The van der Waals surface area contributed by atoms with Crippen LogP contribution in [0.2, 0.25) is 0 Å². The molecular weight excluding hydrogens is 105 g/mol. The van der Waals surface area contributed by atoms with Crippen LogP contribution < -0.4 is 0 Å². The molecule has 0 unspecified atom stereocenters. The predicted octanol–water partition coefficient (Wildman–Crippen LogP) is 2.12. The summed E-state index contributed by atoms with van der Waals surface area (Å²) >= 11 is 0. The number of hydrogen-bond acceptors (Lipinski definition) is 0. The molecule has 42 valence electrons. The van der Waals surface area contributed by atoms with Gasteiger partial charge in [-0.3, -0.25) is 0 Å². The standard InChI is InChI=1S/C4H5F3/c1-2-3(5)4(6)7/h2,4H,1H3/b3-2-. The molecule has 0 aliphatic rings. The molecule has 0 aromatic heterocycles. The molecule has 0 N–H and O–H groups in total. The fraction of sp³-hybridized carbons (Fsp3) is 0.500. The second kappa shape index (κ2) is 2.66.